The summed E-state index contributed by atoms with van der Waals surface area (Å²) in [6.07, 6.45) is -0.665. The lowest BCUT2D eigenvalue weighted by molar-refractivity contribution is 0.102. The standard InChI is InChI=1S/C17H14N4O2S/c1-9(22)16-20-12-5-3-11(7-14(12)21-16)19-17(23)10-2-4-13-15(6-10)24-8-18-13/h2-9,22H,1H3,(H,19,23)(H,20,21). The molecule has 0 aliphatic heterocycles. The second kappa shape index (κ2) is 5.70. The lowest BCUT2D eigenvalue weighted by atomic mass is 10.2. The molecule has 0 radical (unpaired) electrons. The van der Waals surface area contributed by atoms with E-state index in [0.717, 1.165) is 21.3 Å². The molecule has 4 rings (SSSR count). The molecule has 2 heterocycles. The highest BCUT2D eigenvalue weighted by molar-refractivity contribution is 7.16. The number of thiazole rings is 1. The third kappa shape index (κ3) is 2.64. The maximum Gasteiger partial charge on any atom is 0.255 e. The topological polar surface area (TPSA) is 90.9 Å². The zero-order valence-corrected chi connectivity index (χ0v) is 13.6. The van der Waals surface area contributed by atoms with Crippen LogP contribution in [0.5, 0.6) is 0 Å². The molecule has 120 valence electrons. The second-order valence-electron chi connectivity index (χ2n) is 5.52. The Labute approximate surface area is 141 Å². The van der Waals surface area contributed by atoms with Gasteiger partial charge in [-0.2, -0.15) is 0 Å². The van der Waals surface area contributed by atoms with Crippen LogP contribution in [0.1, 0.15) is 29.2 Å². The fourth-order valence-electron chi connectivity index (χ4n) is 2.50. The van der Waals surface area contributed by atoms with Gasteiger partial charge in [0.15, 0.2) is 0 Å². The van der Waals surface area contributed by atoms with Crippen molar-refractivity contribution < 1.29 is 9.90 Å². The highest BCUT2D eigenvalue weighted by Gasteiger charge is 2.11. The van der Waals surface area contributed by atoms with Crippen molar-refractivity contribution in [2.45, 2.75) is 13.0 Å². The van der Waals surface area contributed by atoms with Gasteiger partial charge in [0.25, 0.3) is 5.91 Å². The van der Waals surface area contributed by atoms with Gasteiger partial charge in [0.1, 0.15) is 11.9 Å². The number of carbonyl (C=O) groups excluding carboxylic acids is 1. The molecule has 24 heavy (non-hydrogen) atoms. The maximum atomic E-state index is 12.4. The van der Waals surface area contributed by atoms with E-state index < -0.39 is 6.10 Å². The van der Waals surface area contributed by atoms with Crippen LogP contribution in [0.25, 0.3) is 21.3 Å². The van der Waals surface area contributed by atoms with E-state index in [-0.39, 0.29) is 5.91 Å². The molecule has 2 aromatic carbocycles. The van der Waals surface area contributed by atoms with Crippen LogP contribution in [0.3, 0.4) is 0 Å². The summed E-state index contributed by atoms with van der Waals surface area (Å²) < 4.78 is 0.980. The number of imidazole rings is 1. The summed E-state index contributed by atoms with van der Waals surface area (Å²) in [7, 11) is 0. The Balaban J connectivity index is 1.61. The van der Waals surface area contributed by atoms with Crippen LogP contribution in [0.2, 0.25) is 0 Å². The van der Waals surface area contributed by atoms with Gasteiger partial charge < -0.3 is 15.4 Å². The average molecular weight is 338 g/mol. The first-order valence-electron chi connectivity index (χ1n) is 7.42. The van der Waals surface area contributed by atoms with Crippen LogP contribution in [0.15, 0.2) is 41.9 Å². The van der Waals surface area contributed by atoms with Gasteiger partial charge in [-0.05, 0) is 43.3 Å². The highest BCUT2D eigenvalue weighted by Crippen LogP contribution is 2.22. The lowest BCUT2D eigenvalue weighted by Gasteiger charge is -2.05. The zero-order chi connectivity index (χ0) is 16.7. The van der Waals surface area contributed by atoms with Gasteiger partial charge in [-0.3, -0.25) is 4.79 Å². The molecule has 0 saturated heterocycles. The molecule has 4 aromatic rings. The molecule has 0 spiro atoms. The van der Waals surface area contributed by atoms with Crippen LogP contribution >= 0.6 is 11.3 Å². The van der Waals surface area contributed by atoms with Crippen LogP contribution in [0, 0.1) is 0 Å². The van der Waals surface area contributed by atoms with E-state index in [9.17, 15) is 9.90 Å². The lowest BCUT2D eigenvalue weighted by Crippen LogP contribution is -2.11. The van der Waals surface area contributed by atoms with Crippen LogP contribution in [-0.2, 0) is 0 Å². The predicted molar refractivity (Wildman–Crippen MR) is 94.3 cm³/mol. The van der Waals surface area contributed by atoms with E-state index in [2.05, 4.69) is 20.3 Å². The van der Waals surface area contributed by atoms with Crippen molar-refractivity contribution in [2.24, 2.45) is 0 Å². The number of aromatic amines is 1. The molecule has 0 bridgehead atoms. The minimum Gasteiger partial charge on any atom is -0.385 e. The minimum absolute atomic E-state index is 0.181. The van der Waals surface area contributed by atoms with E-state index in [1.807, 2.05) is 12.1 Å². The van der Waals surface area contributed by atoms with E-state index in [0.29, 0.717) is 17.1 Å². The number of carbonyl (C=O) groups is 1. The smallest absolute Gasteiger partial charge is 0.255 e. The highest BCUT2D eigenvalue weighted by atomic mass is 32.1. The molecule has 6 nitrogen and oxygen atoms in total. The number of aliphatic hydroxyl groups is 1. The number of anilines is 1. The van der Waals surface area contributed by atoms with Crippen molar-refractivity contribution in [3.05, 3.63) is 53.3 Å². The number of hydrogen-bond donors (Lipinski definition) is 3. The first-order valence-corrected chi connectivity index (χ1v) is 8.30. The molecule has 7 heteroatoms. The molecule has 0 fully saturated rings. The number of benzene rings is 2. The number of aromatic nitrogens is 3. The van der Waals surface area contributed by atoms with E-state index in [4.69, 9.17) is 0 Å². The first kappa shape index (κ1) is 14.8. The number of nitrogens with one attached hydrogen (secondary N) is 2. The number of H-pyrrole nitrogens is 1. The van der Waals surface area contributed by atoms with Crippen molar-refractivity contribution in [2.75, 3.05) is 5.32 Å². The molecule has 0 aliphatic carbocycles. The second-order valence-corrected chi connectivity index (χ2v) is 6.41. The number of fused-ring (bicyclic) bond motifs is 2. The molecule has 1 unspecified atom stereocenters. The Bertz CT molecular complexity index is 1050. The largest absolute Gasteiger partial charge is 0.385 e. The summed E-state index contributed by atoms with van der Waals surface area (Å²) in [4.78, 5) is 24.0. The van der Waals surface area contributed by atoms with Gasteiger partial charge in [0.2, 0.25) is 0 Å². The Morgan fingerprint density at radius 2 is 2.08 bits per heavy atom. The Hall–Kier alpha value is -2.77. The Morgan fingerprint density at radius 3 is 2.92 bits per heavy atom. The Morgan fingerprint density at radius 1 is 1.25 bits per heavy atom. The summed E-state index contributed by atoms with van der Waals surface area (Å²) in [5.74, 6) is 0.323. The molecule has 1 amide bonds. The summed E-state index contributed by atoms with van der Waals surface area (Å²) in [6, 6.07) is 10.8. The average Bonchev–Trinajstić information content (AvgIpc) is 3.20. The molecule has 1 atom stereocenters. The monoisotopic (exact) mass is 338 g/mol. The van der Waals surface area contributed by atoms with E-state index in [1.54, 1.807) is 36.7 Å². The summed E-state index contributed by atoms with van der Waals surface area (Å²) in [5, 5.41) is 12.5. The van der Waals surface area contributed by atoms with Crippen molar-refractivity contribution >= 4 is 44.2 Å². The molecule has 0 saturated carbocycles. The van der Waals surface area contributed by atoms with Gasteiger partial charge in [-0.1, -0.05) is 0 Å². The Kier molecular flexibility index (Phi) is 3.51. The first-order chi connectivity index (χ1) is 11.6. The van der Waals surface area contributed by atoms with Crippen molar-refractivity contribution in [1.82, 2.24) is 15.0 Å². The summed E-state index contributed by atoms with van der Waals surface area (Å²) >= 11 is 1.50. The predicted octanol–water partition coefficient (Wildman–Crippen LogP) is 3.48. The summed E-state index contributed by atoms with van der Waals surface area (Å²) in [5.41, 5.74) is 5.41. The van der Waals surface area contributed by atoms with Crippen LogP contribution < -0.4 is 5.32 Å². The molecular formula is C17H14N4O2S. The van der Waals surface area contributed by atoms with E-state index >= 15 is 0 Å². The molecule has 0 aliphatic rings. The third-order valence-corrected chi connectivity index (χ3v) is 4.54. The quantitative estimate of drug-likeness (QED) is 0.533. The van der Waals surface area contributed by atoms with Gasteiger partial charge in [-0.25, -0.2) is 9.97 Å². The fraction of sp³-hybridized carbons (Fsp3) is 0.118. The number of hydrogen-bond acceptors (Lipinski definition) is 5. The van der Waals surface area contributed by atoms with Crippen LogP contribution in [0.4, 0.5) is 5.69 Å². The number of aliphatic hydroxyl groups excluding tert-OH is 1. The van der Waals surface area contributed by atoms with Gasteiger partial charge in [0.05, 0.1) is 26.8 Å². The van der Waals surface area contributed by atoms with Gasteiger partial charge >= 0.3 is 0 Å². The molecular weight excluding hydrogens is 324 g/mol. The zero-order valence-electron chi connectivity index (χ0n) is 12.8. The number of amides is 1. The molecule has 2 aromatic heterocycles. The third-order valence-electron chi connectivity index (χ3n) is 3.75. The van der Waals surface area contributed by atoms with Crippen molar-refractivity contribution in [1.29, 1.82) is 0 Å². The normalized spacial score (nSPS) is 12.6. The minimum atomic E-state index is -0.665. The summed E-state index contributed by atoms with van der Waals surface area (Å²) in [6.45, 7) is 1.65. The number of rotatable bonds is 3. The van der Waals surface area contributed by atoms with Gasteiger partial charge in [-0.15, -0.1) is 11.3 Å². The SMILES string of the molecule is CC(O)c1nc2ccc(NC(=O)c3ccc4ncsc4c3)cc2[nH]1. The van der Waals surface area contributed by atoms with Crippen molar-refractivity contribution in [3.63, 3.8) is 0 Å². The maximum absolute atomic E-state index is 12.4. The van der Waals surface area contributed by atoms with Crippen LogP contribution in [-0.4, -0.2) is 26.0 Å². The van der Waals surface area contributed by atoms with Gasteiger partial charge in [0, 0.05) is 11.3 Å². The fourth-order valence-corrected chi connectivity index (χ4v) is 3.22. The van der Waals surface area contributed by atoms with Crippen molar-refractivity contribution in [3.8, 4) is 0 Å². The number of nitrogens with zero attached hydrogens (tertiary/aromatic N) is 2. The molecule has 3 N–H and O–H groups in total. The van der Waals surface area contributed by atoms with E-state index in [1.165, 1.54) is 11.3 Å².